The molecule has 1 spiro atoms. The van der Waals surface area contributed by atoms with E-state index >= 15 is 0 Å². The number of likely N-dealkylation sites (tertiary alicyclic amines) is 2. The van der Waals surface area contributed by atoms with Crippen LogP contribution in [0, 0.1) is 22.7 Å². The number of halogens is 3. The van der Waals surface area contributed by atoms with Gasteiger partial charge >= 0.3 is 12.1 Å². The number of likely N-dealkylation sites (N-methyl/N-ethyl adjacent to an activating group) is 1. The molecule has 1 aromatic carbocycles. The first-order chi connectivity index (χ1) is 20.1. The van der Waals surface area contributed by atoms with Gasteiger partial charge in [-0.25, -0.2) is 0 Å². The maximum atomic E-state index is 14.3. The maximum Gasteiger partial charge on any atom is 0.471 e. The number of para-hydroxylation sites is 1. The Hall–Kier alpha value is -3.62. The van der Waals surface area contributed by atoms with Gasteiger partial charge in [-0.05, 0) is 48.6 Å². The number of nitrogens with zero attached hydrogens (tertiary/aromatic N) is 4. The van der Waals surface area contributed by atoms with Crippen molar-refractivity contribution in [3.8, 4) is 6.07 Å². The summed E-state index contributed by atoms with van der Waals surface area (Å²) in [6.07, 6.45) is -2.26. The highest BCUT2D eigenvalue weighted by Crippen LogP contribution is 2.47. The van der Waals surface area contributed by atoms with Crippen LogP contribution in [0.4, 0.5) is 18.9 Å². The summed E-state index contributed by atoms with van der Waals surface area (Å²) in [5, 5.41) is 12.9. The van der Waals surface area contributed by atoms with Gasteiger partial charge in [0.15, 0.2) is 0 Å². The van der Waals surface area contributed by atoms with Crippen molar-refractivity contribution < 1.29 is 32.3 Å². The number of carbonyl (C=O) groups is 4. The average molecular weight is 602 g/mol. The first-order valence-electron chi connectivity index (χ1n) is 14.9. The molecule has 0 radical (unpaired) electrons. The van der Waals surface area contributed by atoms with Gasteiger partial charge in [0.25, 0.3) is 0 Å². The molecule has 3 fully saturated rings. The second-order valence-electron chi connectivity index (χ2n) is 13.7. The van der Waals surface area contributed by atoms with Crippen molar-refractivity contribution >= 4 is 29.3 Å². The summed E-state index contributed by atoms with van der Waals surface area (Å²) in [6.45, 7) is 5.57. The molecule has 43 heavy (non-hydrogen) atoms. The van der Waals surface area contributed by atoms with Crippen molar-refractivity contribution in [2.24, 2.45) is 11.3 Å². The van der Waals surface area contributed by atoms with Crippen molar-refractivity contribution in [3.05, 3.63) is 29.8 Å². The number of hydrogen-bond acceptors (Lipinski definition) is 5. The lowest BCUT2D eigenvalue weighted by atomic mass is 9.80. The quantitative estimate of drug-likeness (QED) is 0.561. The van der Waals surface area contributed by atoms with E-state index in [-0.39, 0.29) is 37.6 Å². The van der Waals surface area contributed by atoms with Crippen molar-refractivity contribution in [1.29, 1.82) is 5.26 Å². The predicted molar refractivity (Wildman–Crippen MR) is 150 cm³/mol. The number of rotatable bonds is 4. The van der Waals surface area contributed by atoms with E-state index in [1.54, 1.807) is 24.3 Å². The Morgan fingerprint density at radius 2 is 1.84 bits per heavy atom. The number of benzene rings is 1. The molecule has 5 rings (SSSR count). The molecule has 12 heteroatoms. The van der Waals surface area contributed by atoms with Crippen molar-refractivity contribution in [1.82, 2.24) is 14.7 Å². The molecule has 9 nitrogen and oxygen atoms in total. The van der Waals surface area contributed by atoms with Crippen LogP contribution in [-0.2, 0) is 24.6 Å². The molecule has 1 saturated carbocycles. The van der Waals surface area contributed by atoms with Gasteiger partial charge in [-0.3, -0.25) is 19.2 Å². The summed E-state index contributed by atoms with van der Waals surface area (Å²) in [6, 6.07) is 5.19. The fourth-order valence-electron chi connectivity index (χ4n) is 7.66. The molecule has 1 aliphatic carbocycles. The second kappa shape index (κ2) is 10.8. The minimum Gasteiger partial charge on any atom is -0.332 e. The minimum absolute atomic E-state index is 0.0676. The highest BCUT2D eigenvalue weighted by molar-refractivity contribution is 6.07. The highest BCUT2D eigenvalue weighted by atomic mass is 19.4. The van der Waals surface area contributed by atoms with Crippen LogP contribution in [0.1, 0.15) is 71.3 Å². The molecule has 1 unspecified atom stereocenters. The SMILES string of the molecule is CN(C(=O)[C@@H]1CC2CCCC[C@@H]2N1C(=O)C(F)(F)F)[C@@H](CC(C)(C)C)C(=O)N1C[C@]2(C[C@H]1C#N)C(=O)Nc1ccccc12. The van der Waals surface area contributed by atoms with E-state index in [1.807, 2.05) is 20.8 Å². The molecule has 1 N–H and O–H groups in total. The number of amides is 4. The Labute approximate surface area is 249 Å². The maximum absolute atomic E-state index is 14.3. The Morgan fingerprint density at radius 3 is 2.49 bits per heavy atom. The molecule has 1 aromatic rings. The van der Waals surface area contributed by atoms with Gasteiger partial charge in [0.1, 0.15) is 18.1 Å². The molecular formula is C31H38F3N5O4. The van der Waals surface area contributed by atoms with Crippen molar-refractivity contribution in [2.75, 3.05) is 18.9 Å². The fourth-order valence-corrected chi connectivity index (χ4v) is 7.66. The number of fused-ring (bicyclic) bond motifs is 3. The van der Waals surface area contributed by atoms with Gasteiger partial charge < -0.3 is 20.0 Å². The highest BCUT2D eigenvalue weighted by Gasteiger charge is 2.58. The first kappa shape index (κ1) is 30.8. The molecule has 3 heterocycles. The lowest BCUT2D eigenvalue weighted by Gasteiger charge is -2.39. The van der Waals surface area contributed by atoms with E-state index in [1.165, 1.54) is 16.8 Å². The smallest absolute Gasteiger partial charge is 0.332 e. The van der Waals surface area contributed by atoms with Crippen LogP contribution in [0.5, 0.6) is 0 Å². The largest absolute Gasteiger partial charge is 0.471 e. The first-order valence-corrected chi connectivity index (χ1v) is 14.9. The Morgan fingerprint density at radius 1 is 1.16 bits per heavy atom. The Kier molecular flexibility index (Phi) is 7.76. The van der Waals surface area contributed by atoms with Crippen LogP contribution < -0.4 is 5.32 Å². The molecule has 4 aliphatic rings. The molecule has 0 aromatic heterocycles. The zero-order valence-corrected chi connectivity index (χ0v) is 24.9. The fraction of sp³-hybridized carbons (Fsp3) is 0.645. The standard InChI is InChI=1S/C31H38F3N5O4/c1-29(2,3)15-24(26(41)38-17-30(14-19(38)16-35)20-10-6-7-11-21(20)36-27(30)42)37(4)25(40)23-13-18-9-5-8-12-22(18)39(23)28(43)31(32,33)34/h6-7,10-11,18-19,22-24H,5,8-9,12-15,17H2,1-4H3,(H,36,42)/t18?,19-,22-,23-,24-,30-/m0/s1. The minimum atomic E-state index is -5.13. The second-order valence-corrected chi connectivity index (χ2v) is 13.7. The zero-order valence-electron chi connectivity index (χ0n) is 24.9. The predicted octanol–water partition coefficient (Wildman–Crippen LogP) is 3.99. The van der Waals surface area contributed by atoms with Gasteiger partial charge in [-0.2, -0.15) is 18.4 Å². The molecular weight excluding hydrogens is 563 g/mol. The Balaban J connectivity index is 1.46. The summed E-state index contributed by atoms with van der Waals surface area (Å²) in [5.74, 6) is -3.82. The summed E-state index contributed by atoms with van der Waals surface area (Å²) in [4.78, 5) is 57.5. The number of nitrogens with one attached hydrogen (secondary N) is 1. The number of hydrogen-bond donors (Lipinski definition) is 1. The number of carbonyl (C=O) groups excluding carboxylic acids is 4. The van der Waals surface area contributed by atoms with Crippen LogP contribution in [0.2, 0.25) is 0 Å². The van der Waals surface area contributed by atoms with Crippen LogP contribution in [0.15, 0.2) is 24.3 Å². The van der Waals surface area contributed by atoms with Crippen LogP contribution in [-0.4, -0.2) is 82.3 Å². The molecule has 2 saturated heterocycles. The molecule has 6 atom stereocenters. The summed E-state index contributed by atoms with van der Waals surface area (Å²) in [7, 11) is 1.39. The summed E-state index contributed by atoms with van der Waals surface area (Å²) in [5.41, 5.74) is -0.300. The van der Waals surface area contributed by atoms with Gasteiger partial charge in [0.05, 0.1) is 11.5 Å². The van der Waals surface area contributed by atoms with Crippen LogP contribution in [0.3, 0.4) is 0 Å². The third-order valence-corrected chi connectivity index (χ3v) is 9.67. The van der Waals surface area contributed by atoms with Crippen molar-refractivity contribution in [3.63, 3.8) is 0 Å². The number of alkyl halides is 3. The van der Waals surface area contributed by atoms with E-state index in [4.69, 9.17) is 0 Å². The third-order valence-electron chi connectivity index (χ3n) is 9.67. The molecule has 0 bridgehead atoms. The third kappa shape index (κ3) is 5.36. The van der Waals surface area contributed by atoms with Gasteiger partial charge in [-0.15, -0.1) is 0 Å². The summed E-state index contributed by atoms with van der Waals surface area (Å²) < 4.78 is 41.2. The van der Waals surface area contributed by atoms with E-state index < -0.39 is 58.9 Å². The Bertz CT molecular complexity index is 1370. The number of anilines is 1. The van der Waals surface area contributed by atoms with E-state index in [0.29, 0.717) is 30.5 Å². The van der Waals surface area contributed by atoms with Gasteiger partial charge in [0, 0.05) is 31.7 Å². The lowest BCUT2D eigenvalue weighted by Crippen LogP contribution is -2.58. The van der Waals surface area contributed by atoms with Crippen molar-refractivity contribution in [2.45, 2.75) is 101 Å². The monoisotopic (exact) mass is 601 g/mol. The average Bonchev–Trinajstić information content (AvgIpc) is 3.61. The van der Waals surface area contributed by atoms with E-state index in [9.17, 15) is 37.6 Å². The summed E-state index contributed by atoms with van der Waals surface area (Å²) >= 11 is 0. The molecule has 3 aliphatic heterocycles. The van der Waals surface area contributed by atoms with Gasteiger partial charge in [0.2, 0.25) is 17.7 Å². The van der Waals surface area contributed by atoms with Crippen LogP contribution in [0.25, 0.3) is 0 Å². The lowest BCUT2D eigenvalue weighted by molar-refractivity contribution is -0.190. The van der Waals surface area contributed by atoms with Gasteiger partial charge in [-0.1, -0.05) is 51.8 Å². The number of nitriles is 1. The molecule has 4 amide bonds. The molecule has 232 valence electrons. The van der Waals surface area contributed by atoms with Crippen LogP contribution >= 0.6 is 0 Å². The van der Waals surface area contributed by atoms with E-state index in [0.717, 1.165) is 11.3 Å². The normalized spacial score (nSPS) is 29.1. The van der Waals surface area contributed by atoms with E-state index in [2.05, 4.69) is 11.4 Å². The topological polar surface area (TPSA) is 114 Å². The zero-order chi connectivity index (χ0) is 31.5.